The van der Waals surface area contributed by atoms with Gasteiger partial charge in [-0.15, -0.1) is 10.2 Å². The lowest BCUT2D eigenvalue weighted by molar-refractivity contribution is 0.259. The second kappa shape index (κ2) is 5.38. The van der Waals surface area contributed by atoms with Gasteiger partial charge in [0, 0.05) is 6.42 Å². The maximum atomic E-state index is 5.97. The van der Waals surface area contributed by atoms with Crippen molar-refractivity contribution in [2.45, 2.75) is 20.0 Å². The van der Waals surface area contributed by atoms with Crippen LogP contribution in [0.1, 0.15) is 18.7 Å². The lowest BCUT2D eigenvalue weighted by Crippen LogP contribution is -1.96. The molecule has 6 heteroatoms. The Labute approximate surface area is 109 Å². The highest BCUT2D eigenvalue weighted by molar-refractivity contribution is 6.42. The molecule has 0 amide bonds. The second-order valence-electron chi connectivity index (χ2n) is 3.28. The first kappa shape index (κ1) is 12.2. The Kier molecular flexibility index (Phi) is 3.86. The van der Waals surface area contributed by atoms with E-state index in [1.165, 1.54) is 0 Å². The van der Waals surface area contributed by atoms with Gasteiger partial charge in [-0.3, -0.25) is 0 Å². The number of ether oxygens (including phenoxy) is 1. The lowest BCUT2D eigenvalue weighted by Gasteiger charge is -2.06. The third kappa shape index (κ3) is 2.90. The second-order valence-corrected chi connectivity index (χ2v) is 4.07. The molecule has 0 aliphatic rings. The SMILES string of the molecule is CCc1nnc(COc2cccc(Cl)c2Cl)o1. The molecule has 0 spiro atoms. The van der Waals surface area contributed by atoms with Gasteiger partial charge < -0.3 is 9.15 Å². The van der Waals surface area contributed by atoms with Gasteiger partial charge in [-0.25, -0.2) is 0 Å². The summed E-state index contributed by atoms with van der Waals surface area (Å²) in [6.07, 6.45) is 0.699. The van der Waals surface area contributed by atoms with E-state index >= 15 is 0 Å². The zero-order valence-electron chi connectivity index (χ0n) is 9.11. The highest BCUT2D eigenvalue weighted by Gasteiger charge is 2.08. The fourth-order valence-electron chi connectivity index (χ4n) is 1.22. The lowest BCUT2D eigenvalue weighted by atomic mass is 10.3. The van der Waals surface area contributed by atoms with Crippen molar-refractivity contribution in [2.75, 3.05) is 0 Å². The van der Waals surface area contributed by atoms with Gasteiger partial charge in [0.25, 0.3) is 5.89 Å². The quantitative estimate of drug-likeness (QED) is 0.855. The molecule has 0 fully saturated rings. The summed E-state index contributed by atoms with van der Waals surface area (Å²) in [5, 5.41) is 8.49. The van der Waals surface area contributed by atoms with Crippen LogP contribution in [0.4, 0.5) is 0 Å². The van der Waals surface area contributed by atoms with E-state index in [-0.39, 0.29) is 6.61 Å². The molecule has 0 saturated carbocycles. The van der Waals surface area contributed by atoms with Gasteiger partial charge in [-0.2, -0.15) is 0 Å². The van der Waals surface area contributed by atoms with Crippen LogP contribution < -0.4 is 4.74 Å². The van der Waals surface area contributed by atoms with Crippen LogP contribution in [0.5, 0.6) is 5.75 Å². The molecular formula is C11H10Cl2N2O2. The zero-order valence-corrected chi connectivity index (χ0v) is 10.6. The van der Waals surface area contributed by atoms with Crippen molar-refractivity contribution in [1.29, 1.82) is 0 Å². The third-order valence-electron chi connectivity index (χ3n) is 2.08. The number of rotatable bonds is 4. The molecule has 0 saturated heterocycles. The Morgan fingerprint density at radius 2 is 2.00 bits per heavy atom. The Bertz CT molecular complexity index is 514. The zero-order chi connectivity index (χ0) is 12.3. The average molecular weight is 273 g/mol. The molecule has 2 rings (SSSR count). The van der Waals surface area contributed by atoms with Crippen molar-refractivity contribution in [2.24, 2.45) is 0 Å². The number of aromatic nitrogens is 2. The standard InChI is InChI=1S/C11H10Cl2N2O2/c1-2-9-14-15-10(17-9)6-16-8-5-3-4-7(12)11(8)13/h3-5H,2,6H2,1H3. The monoisotopic (exact) mass is 272 g/mol. The van der Waals surface area contributed by atoms with Crippen molar-refractivity contribution >= 4 is 23.2 Å². The van der Waals surface area contributed by atoms with Crippen LogP contribution in [0, 0.1) is 0 Å². The maximum absolute atomic E-state index is 5.97. The van der Waals surface area contributed by atoms with Crippen LogP contribution in [-0.2, 0) is 13.0 Å². The first-order valence-corrected chi connectivity index (χ1v) is 5.84. The molecule has 0 radical (unpaired) electrons. The summed E-state index contributed by atoms with van der Waals surface area (Å²) in [6, 6.07) is 5.18. The van der Waals surface area contributed by atoms with Crippen molar-refractivity contribution < 1.29 is 9.15 Å². The van der Waals surface area contributed by atoms with Crippen LogP contribution in [0.15, 0.2) is 22.6 Å². The van der Waals surface area contributed by atoms with Gasteiger partial charge in [0.05, 0.1) is 5.02 Å². The molecule has 4 nitrogen and oxygen atoms in total. The van der Waals surface area contributed by atoms with Gasteiger partial charge in [-0.05, 0) is 12.1 Å². The van der Waals surface area contributed by atoms with Gasteiger partial charge in [0.15, 0.2) is 6.61 Å². The number of nitrogens with zero attached hydrogens (tertiary/aromatic N) is 2. The van der Waals surface area contributed by atoms with E-state index in [0.717, 1.165) is 0 Å². The molecular weight excluding hydrogens is 263 g/mol. The van der Waals surface area contributed by atoms with Crippen molar-refractivity contribution in [3.8, 4) is 5.75 Å². The molecule has 1 heterocycles. The van der Waals surface area contributed by atoms with Crippen LogP contribution in [0.3, 0.4) is 0 Å². The summed E-state index contributed by atoms with van der Waals surface area (Å²) in [4.78, 5) is 0. The minimum Gasteiger partial charge on any atom is -0.482 e. The fourth-order valence-corrected chi connectivity index (χ4v) is 1.57. The molecule has 17 heavy (non-hydrogen) atoms. The van der Waals surface area contributed by atoms with E-state index in [9.17, 15) is 0 Å². The normalized spacial score (nSPS) is 10.5. The summed E-state index contributed by atoms with van der Waals surface area (Å²) in [5.41, 5.74) is 0. The van der Waals surface area contributed by atoms with Gasteiger partial charge in [-0.1, -0.05) is 36.2 Å². The van der Waals surface area contributed by atoms with Crippen molar-refractivity contribution in [1.82, 2.24) is 10.2 Å². The minimum atomic E-state index is 0.174. The highest BCUT2D eigenvalue weighted by Crippen LogP contribution is 2.31. The van der Waals surface area contributed by atoms with E-state index in [2.05, 4.69) is 10.2 Å². The molecule has 2 aromatic rings. The molecule has 1 aromatic heterocycles. The number of benzene rings is 1. The third-order valence-corrected chi connectivity index (χ3v) is 2.88. The number of halogens is 2. The topological polar surface area (TPSA) is 48.2 Å². The van der Waals surface area contributed by atoms with Gasteiger partial charge >= 0.3 is 0 Å². The predicted molar refractivity (Wildman–Crippen MR) is 64.5 cm³/mol. The Hall–Kier alpha value is -1.26. The Morgan fingerprint density at radius 3 is 2.71 bits per heavy atom. The molecule has 0 unspecified atom stereocenters. The summed E-state index contributed by atoms with van der Waals surface area (Å²) in [5.74, 6) is 1.49. The Balaban J connectivity index is 2.04. The first-order chi connectivity index (χ1) is 8.20. The van der Waals surface area contributed by atoms with E-state index in [0.29, 0.717) is 34.0 Å². The van der Waals surface area contributed by atoms with E-state index in [1.54, 1.807) is 18.2 Å². The minimum absolute atomic E-state index is 0.174. The summed E-state index contributed by atoms with van der Waals surface area (Å²) in [7, 11) is 0. The molecule has 0 N–H and O–H groups in total. The fraction of sp³-hybridized carbons (Fsp3) is 0.273. The van der Waals surface area contributed by atoms with Crippen LogP contribution >= 0.6 is 23.2 Å². The number of hydrogen-bond donors (Lipinski definition) is 0. The largest absolute Gasteiger partial charge is 0.482 e. The summed E-state index contributed by atoms with van der Waals surface area (Å²) < 4.78 is 10.8. The van der Waals surface area contributed by atoms with Crippen LogP contribution in [-0.4, -0.2) is 10.2 Å². The van der Waals surface area contributed by atoms with Crippen molar-refractivity contribution in [3.63, 3.8) is 0 Å². The summed E-state index contributed by atoms with van der Waals surface area (Å²) >= 11 is 11.8. The van der Waals surface area contributed by atoms with E-state index < -0.39 is 0 Å². The average Bonchev–Trinajstić information content (AvgIpc) is 2.79. The van der Waals surface area contributed by atoms with Crippen LogP contribution in [0.2, 0.25) is 10.0 Å². The van der Waals surface area contributed by atoms with Gasteiger partial charge in [0.1, 0.15) is 10.8 Å². The van der Waals surface area contributed by atoms with E-state index in [4.69, 9.17) is 32.4 Å². The molecule has 90 valence electrons. The molecule has 0 bridgehead atoms. The molecule has 0 aliphatic heterocycles. The number of hydrogen-bond acceptors (Lipinski definition) is 4. The van der Waals surface area contributed by atoms with Crippen LogP contribution in [0.25, 0.3) is 0 Å². The molecule has 0 aliphatic carbocycles. The van der Waals surface area contributed by atoms with Gasteiger partial charge in [0.2, 0.25) is 5.89 Å². The maximum Gasteiger partial charge on any atom is 0.253 e. The smallest absolute Gasteiger partial charge is 0.253 e. The van der Waals surface area contributed by atoms with E-state index in [1.807, 2.05) is 6.92 Å². The highest BCUT2D eigenvalue weighted by atomic mass is 35.5. The first-order valence-electron chi connectivity index (χ1n) is 5.08. The van der Waals surface area contributed by atoms with Crippen molar-refractivity contribution in [3.05, 3.63) is 40.0 Å². The number of aryl methyl sites for hydroxylation is 1. The molecule has 0 atom stereocenters. The Morgan fingerprint density at radius 1 is 1.24 bits per heavy atom. The predicted octanol–water partition coefficient (Wildman–Crippen LogP) is 3.52. The molecule has 1 aromatic carbocycles. The summed E-state index contributed by atoms with van der Waals surface area (Å²) in [6.45, 7) is 2.11.